The van der Waals surface area contributed by atoms with Crippen LogP contribution in [0.2, 0.25) is 5.02 Å². The van der Waals surface area contributed by atoms with Crippen molar-refractivity contribution in [2.24, 2.45) is 0 Å². The molecule has 3 heterocycles. The summed E-state index contributed by atoms with van der Waals surface area (Å²) in [7, 11) is 0. The molecule has 124 valence electrons. The molecule has 0 spiro atoms. The quantitative estimate of drug-likeness (QED) is 0.609. The molecule has 6 nitrogen and oxygen atoms in total. The fourth-order valence-corrected chi connectivity index (χ4v) is 2.78. The molecule has 4 aromatic rings. The third-order valence-electron chi connectivity index (χ3n) is 3.77. The number of fused-ring (bicyclic) bond motifs is 1. The zero-order valence-electron chi connectivity index (χ0n) is 13.0. The Morgan fingerprint density at radius 1 is 1.24 bits per heavy atom. The predicted octanol–water partition coefficient (Wildman–Crippen LogP) is 3.57. The first-order valence-corrected chi connectivity index (χ1v) is 7.99. The van der Waals surface area contributed by atoms with Gasteiger partial charge in [-0.3, -0.25) is 4.79 Å². The highest BCUT2D eigenvalue weighted by atomic mass is 35.5. The van der Waals surface area contributed by atoms with Gasteiger partial charge in [0.15, 0.2) is 5.65 Å². The van der Waals surface area contributed by atoms with Crippen LogP contribution in [0.25, 0.3) is 16.9 Å². The maximum absolute atomic E-state index is 12.4. The minimum atomic E-state index is -0.262. The van der Waals surface area contributed by atoms with E-state index >= 15 is 0 Å². The number of rotatable bonds is 4. The summed E-state index contributed by atoms with van der Waals surface area (Å²) in [4.78, 5) is 16.7. The number of hydrogen-bond donors (Lipinski definition) is 1. The second-order valence-electron chi connectivity index (χ2n) is 5.40. The SMILES string of the molecule is O=C(NCc1ccco1)c1cnn2c(-c3cccc(Cl)c3)ccnc12. The van der Waals surface area contributed by atoms with E-state index in [2.05, 4.69) is 15.4 Å². The molecular weight excluding hydrogens is 340 g/mol. The topological polar surface area (TPSA) is 72.4 Å². The number of hydrogen-bond acceptors (Lipinski definition) is 4. The summed E-state index contributed by atoms with van der Waals surface area (Å²) >= 11 is 6.07. The molecule has 3 aromatic heterocycles. The van der Waals surface area contributed by atoms with Crippen molar-refractivity contribution >= 4 is 23.2 Å². The number of benzene rings is 1. The van der Waals surface area contributed by atoms with Crippen LogP contribution in [-0.4, -0.2) is 20.5 Å². The van der Waals surface area contributed by atoms with Crippen molar-refractivity contribution < 1.29 is 9.21 Å². The van der Waals surface area contributed by atoms with E-state index in [0.717, 1.165) is 11.3 Å². The number of nitrogens with one attached hydrogen (secondary N) is 1. The zero-order valence-corrected chi connectivity index (χ0v) is 13.8. The number of aromatic nitrogens is 3. The summed E-state index contributed by atoms with van der Waals surface area (Å²) in [6, 6.07) is 12.8. The van der Waals surface area contributed by atoms with Gasteiger partial charge in [0, 0.05) is 16.8 Å². The largest absolute Gasteiger partial charge is 0.467 e. The molecule has 0 bridgehead atoms. The lowest BCUT2D eigenvalue weighted by molar-refractivity contribution is 0.0949. The molecule has 0 aliphatic heterocycles. The fourth-order valence-electron chi connectivity index (χ4n) is 2.59. The van der Waals surface area contributed by atoms with Crippen LogP contribution in [0.15, 0.2) is 65.5 Å². The number of carbonyl (C=O) groups excluding carboxylic acids is 1. The van der Waals surface area contributed by atoms with Crippen LogP contribution in [0.4, 0.5) is 0 Å². The molecule has 25 heavy (non-hydrogen) atoms. The Kier molecular flexibility index (Phi) is 3.95. The van der Waals surface area contributed by atoms with E-state index in [1.807, 2.05) is 24.3 Å². The molecule has 4 rings (SSSR count). The van der Waals surface area contributed by atoms with Gasteiger partial charge in [0.2, 0.25) is 0 Å². The normalized spacial score (nSPS) is 10.9. The highest BCUT2D eigenvalue weighted by molar-refractivity contribution is 6.30. The van der Waals surface area contributed by atoms with E-state index in [9.17, 15) is 4.79 Å². The summed E-state index contributed by atoms with van der Waals surface area (Å²) in [5.74, 6) is 0.416. The standard InChI is InChI=1S/C18H13ClN4O2/c19-13-4-1-3-12(9-13)16-6-7-20-17-15(11-22-23(16)17)18(24)21-10-14-5-2-8-25-14/h1-9,11H,10H2,(H,21,24). The summed E-state index contributed by atoms with van der Waals surface area (Å²) in [6.07, 6.45) is 4.72. The van der Waals surface area contributed by atoms with E-state index in [0.29, 0.717) is 28.5 Å². The van der Waals surface area contributed by atoms with Crippen molar-refractivity contribution in [3.63, 3.8) is 0 Å². The van der Waals surface area contributed by atoms with Crippen molar-refractivity contribution in [1.82, 2.24) is 19.9 Å². The first-order chi connectivity index (χ1) is 12.2. The Bertz CT molecular complexity index is 1040. The van der Waals surface area contributed by atoms with Crippen molar-refractivity contribution in [2.75, 3.05) is 0 Å². The fraction of sp³-hybridized carbons (Fsp3) is 0.0556. The second kappa shape index (κ2) is 6.41. The van der Waals surface area contributed by atoms with Gasteiger partial charge in [-0.25, -0.2) is 9.50 Å². The first kappa shape index (κ1) is 15.4. The van der Waals surface area contributed by atoms with Gasteiger partial charge in [0.25, 0.3) is 5.91 Å². The van der Waals surface area contributed by atoms with Crippen LogP contribution in [-0.2, 0) is 6.54 Å². The molecule has 0 unspecified atom stereocenters. The smallest absolute Gasteiger partial charge is 0.257 e. The van der Waals surface area contributed by atoms with E-state index < -0.39 is 0 Å². The van der Waals surface area contributed by atoms with Gasteiger partial charge in [-0.05, 0) is 30.3 Å². The van der Waals surface area contributed by atoms with E-state index in [4.69, 9.17) is 16.0 Å². The van der Waals surface area contributed by atoms with Crippen LogP contribution in [0, 0.1) is 0 Å². The van der Waals surface area contributed by atoms with Gasteiger partial charge in [0.05, 0.1) is 24.7 Å². The molecule has 0 aliphatic carbocycles. The Morgan fingerprint density at radius 2 is 2.16 bits per heavy atom. The predicted molar refractivity (Wildman–Crippen MR) is 93.3 cm³/mol. The van der Waals surface area contributed by atoms with Gasteiger partial charge in [0.1, 0.15) is 11.3 Å². The summed E-state index contributed by atoms with van der Waals surface area (Å²) in [5.41, 5.74) is 2.58. The Labute approximate surface area is 148 Å². The molecule has 1 N–H and O–H groups in total. The number of furan rings is 1. The molecule has 0 atom stereocenters. The van der Waals surface area contributed by atoms with Crippen molar-refractivity contribution in [1.29, 1.82) is 0 Å². The van der Waals surface area contributed by atoms with E-state index in [-0.39, 0.29) is 5.91 Å². The Hall–Kier alpha value is -3.12. The minimum absolute atomic E-state index is 0.262. The highest BCUT2D eigenvalue weighted by Crippen LogP contribution is 2.23. The Balaban J connectivity index is 1.68. The molecule has 7 heteroatoms. The molecular formula is C18H13ClN4O2. The maximum atomic E-state index is 12.4. The molecule has 0 aliphatic rings. The van der Waals surface area contributed by atoms with Gasteiger partial charge in [-0.2, -0.15) is 5.10 Å². The van der Waals surface area contributed by atoms with Gasteiger partial charge in [-0.1, -0.05) is 23.7 Å². The van der Waals surface area contributed by atoms with Crippen LogP contribution in [0.5, 0.6) is 0 Å². The van der Waals surface area contributed by atoms with Crippen LogP contribution < -0.4 is 5.32 Å². The van der Waals surface area contributed by atoms with E-state index in [1.54, 1.807) is 35.2 Å². The van der Waals surface area contributed by atoms with Gasteiger partial charge in [-0.15, -0.1) is 0 Å². The maximum Gasteiger partial charge on any atom is 0.257 e. The van der Waals surface area contributed by atoms with Gasteiger partial charge >= 0.3 is 0 Å². The number of amides is 1. The number of carbonyl (C=O) groups is 1. The lowest BCUT2D eigenvalue weighted by atomic mass is 10.1. The van der Waals surface area contributed by atoms with Crippen molar-refractivity contribution in [3.05, 3.63) is 77.5 Å². The lowest BCUT2D eigenvalue weighted by Gasteiger charge is -2.06. The van der Waals surface area contributed by atoms with Crippen LogP contribution in [0.1, 0.15) is 16.1 Å². The monoisotopic (exact) mass is 352 g/mol. The molecule has 0 fully saturated rings. The van der Waals surface area contributed by atoms with Crippen LogP contribution in [0.3, 0.4) is 0 Å². The minimum Gasteiger partial charge on any atom is -0.467 e. The second-order valence-corrected chi connectivity index (χ2v) is 5.83. The molecule has 0 radical (unpaired) electrons. The zero-order chi connectivity index (χ0) is 17.2. The summed E-state index contributed by atoms with van der Waals surface area (Å²) in [5, 5.41) is 7.75. The molecule has 0 saturated carbocycles. The number of halogens is 1. The van der Waals surface area contributed by atoms with Crippen molar-refractivity contribution in [2.45, 2.75) is 6.54 Å². The average Bonchev–Trinajstić information content (AvgIpc) is 3.29. The van der Waals surface area contributed by atoms with Crippen LogP contribution >= 0.6 is 11.6 Å². The third kappa shape index (κ3) is 2.99. The summed E-state index contributed by atoms with van der Waals surface area (Å²) < 4.78 is 6.85. The average molecular weight is 353 g/mol. The van der Waals surface area contributed by atoms with Gasteiger partial charge < -0.3 is 9.73 Å². The Morgan fingerprint density at radius 3 is 2.96 bits per heavy atom. The summed E-state index contributed by atoms with van der Waals surface area (Å²) in [6.45, 7) is 0.303. The number of nitrogens with zero attached hydrogens (tertiary/aromatic N) is 3. The lowest BCUT2D eigenvalue weighted by Crippen LogP contribution is -2.22. The highest BCUT2D eigenvalue weighted by Gasteiger charge is 2.16. The molecule has 1 amide bonds. The molecule has 1 aromatic carbocycles. The first-order valence-electron chi connectivity index (χ1n) is 7.61. The third-order valence-corrected chi connectivity index (χ3v) is 4.00. The van der Waals surface area contributed by atoms with Crippen molar-refractivity contribution in [3.8, 4) is 11.3 Å². The van der Waals surface area contributed by atoms with E-state index in [1.165, 1.54) is 6.20 Å². The molecule has 0 saturated heterocycles.